The fraction of sp³-hybridized carbons (Fsp3) is 0.440. The van der Waals surface area contributed by atoms with E-state index in [9.17, 15) is 9.59 Å². The van der Waals surface area contributed by atoms with Gasteiger partial charge in [-0.2, -0.15) is 0 Å². The van der Waals surface area contributed by atoms with Crippen LogP contribution in [0.1, 0.15) is 50.8 Å². The number of hydrogen-bond acceptors (Lipinski definition) is 3. The molecule has 0 saturated carbocycles. The molecule has 5 nitrogen and oxygen atoms in total. The molecule has 0 aliphatic rings. The van der Waals surface area contributed by atoms with Crippen LogP contribution in [0.4, 0.5) is 0 Å². The second kappa shape index (κ2) is 10.3. The lowest BCUT2D eigenvalue weighted by Gasteiger charge is -2.30. The number of amides is 2. The van der Waals surface area contributed by atoms with Gasteiger partial charge in [-0.25, -0.2) is 0 Å². The van der Waals surface area contributed by atoms with Crippen LogP contribution in [0.25, 0.3) is 0 Å². The molecule has 0 spiro atoms. The highest BCUT2D eigenvalue weighted by Crippen LogP contribution is 2.24. The number of aryl methyl sites for hydroxylation is 1. The molecule has 0 aliphatic carbocycles. The van der Waals surface area contributed by atoms with Crippen molar-refractivity contribution in [2.45, 2.75) is 59.0 Å². The Labute approximate surface area is 180 Å². The zero-order valence-corrected chi connectivity index (χ0v) is 19.0. The lowest BCUT2D eigenvalue weighted by molar-refractivity contribution is -0.142. The summed E-state index contributed by atoms with van der Waals surface area (Å²) in [4.78, 5) is 27.1. The molecule has 0 fully saturated rings. The molecule has 162 valence electrons. The summed E-state index contributed by atoms with van der Waals surface area (Å²) in [5.41, 5.74) is 3.36. The molecule has 2 aromatic rings. The fourth-order valence-electron chi connectivity index (χ4n) is 3.34. The van der Waals surface area contributed by atoms with E-state index in [4.69, 9.17) is 4.74 Å². The number of nitrogens with zero attached hydrogens (tertiary/aromatic N) is 1. The Morgan fingerprint density at radius 1 is 1.07 bits per heavy atom. The summed E-state index contributed by atoms with van der Waals surface area (Å²) in [6.45, 7) is 10.6. The van der Waals surface area contributed by atoms with E-state index in [-0.39, 0.29) is 23.8 Å². The van der Waals surface area contributed by atoms with E-state index in [2.05, 4.69) is 26.1 Å². The lowest BCUT2D eigenvalue weighted by atomic mass is 9.87. The standard InChI is InChI=1S/C25H34N2O3/c1-7-22(24(29)26-6)27(16-19-11-9-8-10-18(19)2)23(28)17-30-21-14-12-20(13-15-21)25(3,4)5/h8-15,22H,7,16-17H2,1-6H3,(H,26,29)/t22-/m0/s1. The van der Waals surface area contributed by atoms with Gasteiger partial charge in [0.15, 0.2) is 6.61 Å². The van der Waals surface area contributed by atoms with Gasteiger partial charge in [0.2, 0.25) is 5.91 Å². The normalized spacial score (nSPS) is 12.2. The second-order valence-corrected chi connectivity index (χ2v) is 8.55. The zero-order chi connectivity index (χ0) is 22.3. The number of carbonyl (C=O) groups excluding carboxylic acids is 2. The molecule has 0 heterocycles. The maximum atomic E-state index is 13.1. The number of hydrogen-bond donors (Lipinski definition) is 1. The first-order valence-electron chi connectivity index (χ1n) is 10.5. The van der Waals surface area contributed by atoms with Crippen molar-refractivity contribution >= 4 is 11.8 Å². The molecule has 0 aromatic heterocycles. The molecular weight excluding hydrogens is 376 g/mol. The van der Waals surface area contributed by atoms with Crippen LogP contribution < -0.4 is 10.1 Å². The van der Waals surface area contributed by atoms with Crippen molar-refractivity contribution in [3.05, 3.63) is 65.2 Å². The molecule has 0 bridgehead atoms. The van der Waals surface area contributed by atoms with Crippen molar-refractivity contribution in [1.82, 2.24) is 10.2 Å². The van der Waals surface area contributed by atoms with Crippen molar-refractivity contribution < 1.29 is 14.3 Å². The Kier molecular flexibility index (Phi) is 8.04. The lowest BCUT2D eigenvalue weighted by Crippen LogP contribution is -2.49. The van der Waals surface area contributed by atoms with E-state index in [1.807, 2.05) is 62.4 Å². The fourth-order valence-corrected chi connectivity index (χ4v) is 3.34. The van der Waals surface area contributed by atoms with Crippen molar-refractivity contribution in [3.8, 4) is 5.75 Å². The van der Waals surface area contributed by atoms with Crippen molar-refractivity contribution in [2.24, 2.45) is 0 Å². The van der Waals surface area contributed by atoms with Crippen LogP contribution in [0.15, 0.2) is 48.5 Å². The van der Waals surface area contributed by atoms with Crippen LogP contribution in [-0.2, 0) is 21.5 Å². The van der Waals surface area contributed by atoms with Gasteiger partial charge in [0.1, 0.15) is 11.8 Å². The summed E-state index contributed by atoms with van der Waals surface area (Å²) in [7, 11) is 1.59. The number of likely N-dealkylation sites (N-methyl/N-ethyl adjacent to an activating group) is 1. The van der Waals surface area contributed by atoms with Gasteiger partial charge in [-0.05, 0) is 47.6 Å². The number of ether oxygens (including phenoxy) is 1. The Morgan fingerprint density at radius 2 is 1.70 bits per heavy atom. The monoisotopic (exact) mass is 410 g/mol. The van der Waals surface area contributed by atoms with Crippen LogP contribution in [0.2, 0.25) is 0 Å². The predicted octanol–water partition coefficient (Wildman–Crippen LogP) is 4.22. The van der Waals surface area contributed by atoms with E-state index in [0.29, 0.717) is 18.7 Å². The Balaban J connectivity index is 2.17. The van der Waals surface area contributed by atoms with Crippen molar-refractivity contribution in [3.63, 3.8) is 0 Å². The summed E-state index contributed by atoms with van der Waals surface area (Å²) in [5, 5.41) is 2.67. The van der Waals surface area contributed by atoms with Gasteiger partial charge in [-0.1, -0.05) is 64.1 Å². The van der Waals surface area contributed by atoms with Crippen LogP contribution in [0.3, 0.4) is 0 Å². The third-order valence-corrected chi connectivity index (χ3v) is 5.32. The number of carbonyl (C=O) groups is 2. The van der Waals surface area contributed by atoms with Crippen molar-refractivity contribution in [2.75, 3.05) is 13.7 Å². The molecular formula is C25H34N2O3. The molecule has 1 atom stereocenters. The van der Waals surface area contributed by atoms with E-state index < -0.39 is 6.04 Å². The summed E-state index contributed by atoms with van der Waals surface area (Å²) in [6, 6.07) is 15.2. The first-order valence-corrected chi connectivity index (χ1v) is 10.5. The number of nitrogens with one attached hydrogen (secondary N) is 1. The van der Waals surface area contributed by atoms with E-state index >= 15 is 0 Å². The molecule has 0 unspecified atom stereocenters. The molecule has 2 rings (SSSR count). The maximum absolute atomic E-state index is 13.1. The highest BCUT2D eigenvalue weighted by atomic mass is 16.5. The average Bonchev–Trinajstić information content (AvgIpc) is 2.72. The Hall–Kier alpha value is -2.82. The highest BCUT2D eigenvalue weighted by molar-refractivity contribution is 5.88. The molecule has 30 heavy (non-hydrogen) atoms. The minimum absolute atomic E-state index is 0.0561. The topological polar surface area (TPSA) is 58.6 Å². The Bertz CT molecular complexity index is 853. The van der Waals surface area contributed by atoms with Crippen LogP contribution >= 0.6 is 0 Å². The summed E-state index contributed by atoms with van der Waals surface area (Å²) in [5.74, 6) is 0.253. The third-order valence-electron chi connectivity index (χ3n) is 5.32. The first-order chi connectivity index (χ1) is 14.2. The summed E-state index contributed by atoms with van der Waals surface area (Å²) in [6.07, 6.45) is 0.525. The van der Waals surface area contributed by atoms with E-state index in [0.717, 1.165) is 11.1 Å². The molecule has 5 heteroatoms. The minimum atomic E-state index is -0.547. The molecule has 0 aliphatic heterocycles. The molecule has 1 N–H and O–H groups in total. The molecule has 0 saturated heterocycles. The van der Waals surface area contributed by atoms with Crippen LogP contribution in [0, 0.1) is 6.92 Å². The number of rotatable bonds is 8. The van der Waals surface area contributed by atoms with Crippen LogP contribution in [-0.4, -0.2) is 36.4 Å². The van der Waals surface area contributed by atoms with E-state index in [1.54, 1.807) is 11.9 Å². The Morgan fingerprint density at radius 3 is 2.23 bits per heavy atom. The van der Waals surface area contributed by atoms with Gasteiger partial charge in [-0.15, -0.1) is 0 Å². The second-order valence-electron chi connectivity index (χ2n) is 8.55. The van der Waals surface area contributed by atoms with Gasteiger partial charge in [0.25, 0.3) is 5.91 Å². The minimum Gasteiger partial charge on any atom is -0.484 e. The zero-order valence-electron chi connectivity index (χ0n) is 19.0. The predicted molar refractivity (Wildman–Crippen MR) is 121 cm³/mol. The van der Waals surface area contributed by atoms with Crippen molar-refractivity contribution in [1.29, 1.82) is 0 Å². The number of benzene rings is 2. The molecule has 2 amide bonds. The van der Waals surface area contributed by atoms with Gasteiger partial charge >= 0.3 is 0 Å². The largest absolute Gasteiger partial charge is 0.484 e. The molecule has 2 aromatic carbocycles. The summed E-state index contributed by atoms with van der Waals surface area (Å²) >= 11 is 0. The van der Waals surface area contributed by atoms with Gasteiger partial charge in [0, 0.05) is 13.6 Å². The SMILES string of the molecule is CC[C@@H](C(=O)NC)N(Cc1ccccc1C)C(=O)COc1ccc(C(C)(C)C)cc1. The first kappa shape index (κ1) is 23.5. The average molecular weight is 411 g/mol. The van der Waals surface area contributed by atoms with Crippen LogP contribution in [0.5, 0.6) is 5.75 Å². The highest BCUT2D eigenvalue weighted by Gasteiger charge is 2.28. The smallest absolute Gasteiger partial charge is 0.261 e. The van der Waals surface area contributed by atoms with Gasteiger partial charge in [-0.3, -0.25) is 9.59 Å². The third kappa shape index (κ3) is 6.09. The maximum Gasteiger partial charge on any atom is 0.261 e. The van der Waals surface area contributed by atoms with E-state index in [1.165, 1.54) is 5.56 Å². The van der Waals surface area contributed by atoms with Gasteiger partial charge in [0.05, 0.1) is 0 Å². The molecule has 0 radical (unpaired) electrons. The quantitative estimate of drug-likeness (QED) is 0.709. The summed E-state index contributed by atoms with van der Waals surface area (Å²) < 4.78 is 5.77. The van der Waals surface area contributed by atoms with Gasteiger partial charge < -0.3 is 15.0 Å².